The molecular formula is C23H23ClN2O6S. The van der Waals surface area contributed by atoms with E-state index in [4.69, 9.17) is 42.8 Å². The van der Waals surface area contributed by atoms with Crippen molar-refractivity contribution < 1.29 is 28.5 Å². The van der Waals surface area contributed by atoms with E-state index in [1.54, 1.807) is 30.3 Å². The maximum absolute atomic E-state index is 13.4. The Labute approximate surface area is 202 Å². The first-order valence-electron chi connectivity index (χ1n) is 9.87. The summed E-state index contributed by atoms with van der Waals surface area (Å²) in [4.78, 5) is 27.2. The number of ether oxygens (including phenoxy) is 4. The van der Waals surface area contributed by atoms with E-state index in [2.05, 4.69) is 5.32 Å². The van der Waals surface area contributed by atoms with Crippen molar-refractivity contribution in [3.8, 4) is 23.0 Å². The number of halogens is 1. The van der Waals surface area contributed by atoms with E-state index < -0.39 is 11.8 Å². The molecule has 1 heterocycles. The number of anilines is 1. The van der Waals surface area contributed by atoms with Gasteiger partial charge in [0.25, 0.3) is 11.8 Å². The van der Waals surface area contributed by atoms with Gasteiger partial charge in [0.1, 0.15) is 17.1 Å². The van der Waals surface area contributed by atoms with E-state index >= 15 is 0 Å². The number of amides is 2. The molecule has 0 aliphatic carbocycles. The molecule has 3 rings (SSSR count). The molecule has 1 fully saturated rings. The molecule has 0 saturated carbocycles. The number of rotatable bonds is 7. The Kier molecular flexibility index (Phi) is 7.45. The first-order valence-corrected chi connectivity index (χ1v) is 10.7. The zero-order valence-electron chi connectivity index (χ0n) is 18.7. The monoisotopic (exact) mass is 490 g/mol. The Morgan fingerprint density at radius 1 is 1.03 bits per heavy atom. The Bertz CT molecular complexity index is 1150. The Morgan fingerprint density at radius 3 is 2.33 bits per heavy atom. The summed E-state index contributed by atoms with van der Waals surface area (Å²) in [5.74, 6) is 0.380. The molecule has 1 saturated heterocycles. The largest absolute Gasteiger partial charge is 0.497 e. The highest BCUT2D eigenvalue weighted by Gasteiger charge is 2.36. The van der Waals surface area contributed by atoms with Gasteiger partial charge in [0.2, 0.25) is 0 Å². The van der Waals surface area contributed by atoms with Crippen LogP contribution < -0.4 is 29.2 Å². The van der Waals surface area contributed by atoms with Crippen LogP contribution in [-0.2, 0) is 9.59 Å². The molecule has 2 aromatic carbocycles. The quantitative estimate of drug-likeness (QED) is 0.357. The number of nitrogens with one attached hydrogen (secondary N) is 1. The molecule has 1 N–H and O–H groups in total. The third kappa shape index (κ3) is 5.04. The van der Waals surface area contributed by atoms with Crippen LogP contribution in [0.15, 0.2) is 35.9 Å². The molecule has 0 bridgehead atoms. The van der Waals surface area contributed by atoms with Crippen LogP contribution in [0.25, 0.3) is 6.08 Å². The summed E-state index contributed by atoms with van der Waals surface area (Å²) in [6, 6.07) is 8.10. The molecule has 8 nitrogen and oxygen atoms in total. The first kappa shape index (κ1) is 24.3. The normalized spacial score (nSPS) is 15.1. The number of benzene rings is 2. The van der Waals surface area contributed by atoms with Crippen molar-refractivity contribution in [2.75, 3.05) is 26.2 Å². The predicted molar refractivity (Wildman–Crippen MR) is 130 cm³/mol. The van der Waals surface area contributed by atoms with Crippen molar-refractivity contribution in [2.24, 2.45) is 0 Å². The number of hydrogen-bond acceptors (Lipinski definition) is 7. The van der Waals surface area contributed by atoms with Gasteiger partial charge in [0.15, 0.2) is 16.6 Å². The SMILES string of the molecule is COc1ccc(N2C(=O)/C(=C/c3cc(Cl)c(OC(C)C)c(OC)c3)C(=O)NC2=S)c(OC)c1. The maximum atomic E-state index is 13.4. The van der Waals surface area contributed by atoms with E-state index in [0.717, 1.165) is 0 Å². The fraction of sp³-hybridized carbons (Fsp3) is 0.261. The number of carbonyl (C=O) groups excluding carboxylic acids is 2. The molecule has 0 unspecified atom stereocenters. The Balaban J connectivity index is 2.06. The van der Waals surface area contributed by atoms with Gasteiger partial charge in [-0.1, -0.05) is 11.6 Å². The molecular weight excluding hydrogens is 468 g/mol. The number of nitrogens with zero attached hydrogens (tertiary/aromatic N) is 1. The lowest BCUT2D eigenvalue weighted by atomic mass is 10.1. The van der Waals surface area contributed by atoms with Gasteiger partial charge in [-0.2, -0.15) is 0 Å². The van der Waals surface area contributed by atoms with E-state index in [-0.39, 0.29) is 21.8 Å². The summed E-state index contributed by atoms with van der Waals surface area (Å²) < 4.78 is 21.7. The van der Waals surface area contributed by atoms with Crippen LogP contribution in [0.2, 0.25) is 5.02 Å². The van der Waals surface area contributed by atoms with E-state index in [1.165, 1.54) is 32.3 Å². The van der Waals surface area contributed by atoms with Crippen molar-refractivity contribution in [1.29, 1.82) is 0 Å². The van der Waals surface area contributed by atoms with Crippen LogP contribution in [0, 0.1) is 0 Å². The van der Waals surface area contributed by atoms with Gasteiger partial charge < -0.3 is 18.9 Å². The highest BCUT2D eigenvalue weighted by atomic mass is 35.5. The fourth-order valence-electron chi connectivity index (χ4n) is 3.19. The Morgan fingerprint density at radius 2 is 1.73 bits per heavy atom. The van der Waals surface area contributed by atoms with Gasteiger partial charge in [-0.15, -0.1) is 0 Å². The van der Waals surface area contributed by atoms with Crippen molar-refractivity contribution in [3.05, 3.63) is 46.5 Å². The van der Waals surface area contributed by atoms with E-state index in [0.29, 0.717) is 34.2 Å². The van der Waals surface area contributed by atoms with E-state index in [9.17, 15) is 9.59 Å². The number of carbonyl (C=O) groups is 2. The molecule has 2 amide bonds. The average Bonchev–Trinajstić information content (AvgIpc) is 2.77. The minimum absolute atomic E-state index is 0.0677. The molecule has 0 radical (unpaired) electrons. The van der Waals surface area contributed by atoms with Crippen molar-refractivity contribution in [3.63, 3.8) is 0 Å². The summed E-state index contributed by atoms with van der Waals surface area (Å²) in [7, 11) is 4.45. The third-order valence-corrected chi connectivity index (χ3v) is 5.21. The minimum Gasteiger partial charge on any atom is -0.497 e. The van der Waals surface area contributed by atoms with Gasteiger partial charge in [0.05, 0.1) is 38.1 Å². The maximum Gasteiger partial charge on any atom is 0.270 e. The lowest BCUT2D eigenvalue weighted by Crippen LogP contribution is -2.54. The number of methoxy groups -OCH3 is 3. The lowest BCUT2D eigenvalue weighted by molar-refractivity contribution is -0.122. The molecule has 33 heavy (non-hydrogen) atoms. The van der Waals surface area contributed by atoms with Gasteiger partial charge >= 0.3 is 0 Å². The Hall–Kier alpha value is -3.30. The summed E-state index contributed by atoms with van der Waals surface area (Å²) in [6.07, 6.45) is 1.29. The van der Waals surface area contributed by atoms with Gasteiger partial charge in [0, 0.05) is 6.07 Å². The predicted octanol–water partition coefficient (Wildman–Crippen LogP) is 3.98. The molecule has 0 aromatic heterocycles. The molecule has 174 valence electrons. The van der Waals surface area contributed by atoms with Crippen LogP contribution in [-0.4, -0.2) is 44.4 Å². The first-order chi connectivity index (χ1) is 15.7. The second-order valence-corrected chi connectivity index (χ2v) is 7.99. The van der Waals surface area contributed by atoms with E-state index in [1.807, 2.05) is 13.8 Å². The smallest absolute Gasteiger partial charge is 0.270 e. The second-order valence-electron chi connectivity index (χ2n) is 7.20. The summed E-state index contributed by atoms with van der Waals surface area (Å²) in [5, 5.41) is 2.76. The van der Waals surface area contributed by atoms with Crippen molar-refractivity contribution in [1.82, 2.24) is 5.32 Å². The van der Waals surface area contributed by atoms with Crippen LogP contribution >= 0.6 is 23.8 Å². The van der Waals surface area contributed by atoms with Gasteiger partial charge in [-0.3, -0.25) is 14.9 Å². The molecule has 1 aliphatic rings. The summed E-state index contributed by atoms with van der Waals surface area (Å²) in [5.41, 5.74) is 0.688. The minimum atomic E-state index is -0.633. The molecule has 10 heteroatoms. The highest BCUT2D eigenvalue weighted by molar-refractivity contribution is 7.80. The lowest BCUT2D eigenvalue weighted by Gasteiger charge is -2.30. The molecule has 0 spiro atoms. The van der Waals surface area contributed by atoms with Crippen molar-refractivity contribution >= 4 is 52.5 Å². The number of thiocarbonyl (C=S) groups is 1. The average molecular weight is 491 g/mol. The third-order valence-electron chi connectivity index (χ3n) is 4.65. The summed E-state index contributed by atoms with van der Waals surface area (Å²) >= 11 is 11.7. The molecule has 1 aliphatic heterocycles. The molecule has 2 aromatic rings. The standard InChI is InChI=1S/C23H23ClN2O6S/c1-12(2)32-20-16(24)9-13(10-19(20)31-5)8-15-21(27)25-23(33)26(22(15)28)17-7-6-14(29-3)11-18(17)30-4/h6-12H,1-5H3,(H,25,27,33)/b15-8+. The van der Waals surface area contributed by atoms with Crippen LogP contribution in [0.3, 0.4) is 0 Å². The second kappa shape index (κ2) is 10.1. The fourth-order valence-corrected chi connectivity index (χ4v) is 3.72. The van der Waals surface area contributed by atoms with Crippen LogP contribution in [0.5, 0.6) is 23.0 Å². The summed E-state index contributed by atoms with van der Waals surface area (Å²) in [6.45, 7) is 3.73. The van der Waals surface area contributed by atoms with Gasteiger partial charge in [-0.05, 0) is 62.0 Å². The zero-order valence-corrected chi connectivity index (χ0v) is 20.3. The van der Waals surface area contributed by atoms with Gasteiger partial charge in [-0.25, -0.2) is 4.90 Å². The topological polar surface area (TPSA) is 86.3 Å². The highest BCUT2D eigenvalue weighted by Crippen LogP contribution is 2.38. The van der Waals surface area contributed by atoms with Crippen molar-refractivity contribution in [2.45, 2.75) is 20.0 Å². The van der Waals surface area contributed by atoms with Crippen LogP contribution in [0.1, 0.15) is 19.4 Å². The zero-order chi connectivity index (χ0) is 24.3. The molecule has 0 atom stereocenters. The van der Waals surface area contributed by atoms with Crippen LogP contribution in [0.4, 0.5) is 5.69 Å². The number of hydrogen-bond donors (Lipinski definition) is 1.